The van der Waals surface area contributed by atoms with Gasteiger partial charge in [0.1, 0.15) is 0 Å². The zero-order chi connectivity index (χ0) is 13.8. The summed E-state index contributed by atoms with van der Waals surface area (Å²) in [6.45, 7) is 1.94. The number of aromatic nitrogens is 2. The molecule has 0 spiro atoms. The number of likely N-dealkylation sites (N-methyl/N-ethyl adjacent to an activating group) is 1. The molecule has 1 fully saturated rings. The molecule has 1 heterocycles. The molecule has 106 valence electrons. The highest BCUT2D eigenvalue weighted by atomic mass is 15.2. The van der Waals surface area contributed by atoms with E-state index < -0.39 is 0 Å². The fourth-order valence-electron chi connectivity index (χ4n) is 2.93. The van der Waals surface area contributed by atoms with E-state index in [4.69, 9.17) is 0 Å². The predicted octanol–water partition coefficient (Wildman–Crippen LogP) is 2.92. The van der Waals surface area contributed by atoms with E-state index in [2.05, 4.69) is 27.2 Å². The van der Waals surface area contributed by atoms with E-state index in [1.165, 1.54) is 25.7 Å². The van der Waals surface area contributed by atoms with Crippen LogP contribution in [0.5, 0.6) is 0 Å². The third-order valence-corrected chi connectivity index (χ3v) is 4.18. The van der Waals surface area contributed by atoms with Gasteiger partial charge in [0.05, 0.1) is 5.52 Å². The minimum Gasteiger partial charge on any atom is -0.353 e. The van der Waals surface area contributed by atoms with Crippen LogP contribution in [0.15, 0.2) is 30.5 Å². The van der Waals surface area contributed by atoms with E-state index in [1.807, 2.05) is 30.5 Å². The second-order valence-corrected chi connectivity index (χ2v) is 5.60. The van der Waals surface area contributed by atoms with Crippen molar-refractivity contribution in [2.45, 2.75) is 31.7 Å². The molecule has 0 saturated heterocycles. The highest BCUT2D eigenvalue weighted by molar-refractivity contribution is 5.78. The first-order valence-corrected chi connectivity index (χ1v) is 7.49. The number of benzene rings is 1. The van der Waals surface area contributed by atoms with Gasteiger partial charge in [-0.05, 0) is 26.0 Å². The van der Waals surface area contributed by atoms with Crippen LogP contribution >= 0.6 is 0 Å². The minimum absolute atomic E-state index is 0.725. The number of rotatable bonds is 5. The molecule has 1 N–H and O–H groups in total. The lowest BCUT2D eigenvalue weighted by Gasteiger charge is -2.23. The summed E-state index contributed by atoms with van der Waals surface area (Å²) in [5, 5.41) is 4.41. The number of nitrogens with one attached hydrogen (secondary N) is 1. The summed E-state index contributed by atoms with van der Waals surface area (Å²) in [6.07, 6.45) is 7.35. The van der Waals surface area contributed by atoms with Crippen molar-refractivity contribution in [2.24, 2.45) is 0 Å². The SMILES string of the molecule is CN(CCNc1ncc2ccccc2n1)C1CCCC1. The van der Waals surface area contributed by atoms with Crippen LogP contribution in [0, 0.1) is 0 Å². The first-order valence-electron chi connectivity index (χ1n) is 7.49. The summed E-state index contributed by atoms with van der Waals surface area (Å²) in [5.74, 6) is 0.725. The Morgan fingerprint density at radius 1 is 1.25 bits per heavy atom. The van der Waals surface area contributed by atoms with Crippen molar-refractivity contribution in [3.05, 3.63) is 30.5 Å². The van der Waals surface area contributed by atoms with Gasteiger partial charge in [0.25, 0.3) is 0 Å². The second-order valence-electron chi connectivity index (χ2n) is 5.60. The fourth-order valence-corrected chi connectivity index (χ4v) is 2.93. The maximum Gasteiger partial charge on any atom is 0.223 e. The topological polar surface area (TPSA) is 41.0 Å². The highest BCUT2D eigenvalue weighted by Crippen LogP contribution is 2.21. The van der Waals surface area contributed by atoms with Crippen LogP contribution in [-0.2, 0) is 0 Å². The Kier molecular flexibility index (Phi) is 4.11. The lowest BCUT2D eigenvalue weighted by atomic mass is 10.2. The molecule has 1 saturated carbocycles. The first kappa shape index (κ1) is 13.3. The third kappa shape index (κ3) is 3.07. The van der Waals surface area contributed by atoms with Gasteiger partial charge in [-0.1, -0.05) is 31.0 Å². The smallest absolute Gasteiger partial charge is 0.223 e. The Labute approximate surface area is 120 Å². The van der Waals surface area contributed by atoms with Gasteiger partial charge in [0.15, 0.2) is 0 Å². The number of nitrogens with zero attached hydrogens (tertiary/aromatic N) is 3. The molecule has 0 aliphatic heterocycles. The first-order chi connectivity index (χ1) is 9.83. The van der Waals surface area contributed by atoms with Gasteiger partial charge in [-0.3, -0.25) is 0 Å². The summed E-state index contributed by atoms with van der Waals surface area (Å²) in [6, 6.07) is 8.84. The Balaban J connectivity index is 1.54. The van der Waals surface area contributed by atoms with Crippen molar-refractivity contribution in [3.8, 4) is 0 Å². The molecular formula is C16H22N4. The van der Waals surface area contributed by atoms with Gasteiger partial charge < -0.3 is 10.2 Å². The fraction of sp³-hybridized carbons (Fsp3) is 0.500. The molecule has 1 aliphatic carbocycles. The van der Waals surface area contributed by atoms with Gasteiger partial charge in [-0.15, -0.1) is 0 Å². The summed E-state index contributed by atoms with van der Waals surface area (Å²) < 4.78 is 0. The van der Waals surface area contributed by atoms with Crippen molar-refractivity contribution in [1.29, 1.82) is 0 Å². The van der Waals surface area contributed by atoms with Crippen LogP contribution in [0.25, 0.3) is 10.9 Å². The summed E-state index contributed by atoms with van der Waals surface area (Å²) in [5.41, 5.74) is 0.995. The molecule has 1 aromatic heterocycles. The average Bonchev–Trinajstić information content (AvgIpc) is 3.01. The lowest BCUT2D eigenvalue weighted by Crippen LogP contribution is -2.33. The molecule has 1 aliphatic rings. The van der Waals surface area contributed by atoms with Gasteiger partial charge in [0.2, 0.25) is 5.95 Å². The molecule has 0 radical (unpaired) electrons. The van der Waals surface area contributed by atoms with Crippen molar-refractivity contribution in [1.82, 2.24) is 14.9 Å². The van der Waals surface area contributed by atoms with Crippen LogP contribution < -0.4 is 5.32 Å². The van der Waals surface area contributed by atoms with E-state index in [1.54, 1.807) is 0 Å². The molecule has 0 bridgehead atoms. The van der Waals surface area contributed by atoms with Crippen molar-refractivity contribution >= 4 is 16.9 Å². The summed E-state index contributed by atoms with van der Waals surface area (Å²) in [7, 11) is 2.22. The van der Waals surface area contributed by atoms with Crippen molar-refractivity contribution in [3.63, 3.8) is 0 Å². The maximum absolute atomic E-state index is 4.53. The van der Waals surface area contributed by atoms with Crippen LogP contribution in [0.1, 0.15) is 25.7 Å². The number of para-hydroxylation sites is 1. The van der Waals surface area contributed by atoms with Crippen LogP contribution in [0.4, 0.5) is 5.95 Å². The Bertz CT molecular complexity index is 563. The molecule has 3 rings (SSSR count). The molecule has 4 nitrogen and oxygen atoms in total. The molecule has 2 aromatic rings. The minimum atomic E-state index is 0.725. The highest BCUT2D eigenvalue weighted by Gasteiger charge is 2.18. The predicted molar refractivity (Wildman–Crippen MR) is 82.9 cm³/mol. The van der Waals surface area contributed by atoms with E-state index in [0.717, 1.165) is 36.0 Å². The number of anilines is 1. The Morgan fingerprint density at radius 2 is 2.05 bits per heavy atom. The van der Waals surface area contributed by atoms with Crippen molar-refractivity contribution in [2.75, 3.05) is 25.5 Å². The summed E-state index contributed by atoms with van der Waals surface area (Å²) in [4.78, 5) is 11.3. The molecule has 4 heteroatoms. The van der Waals surface area contributed by atoms with Gasteiger partial charge in [0, 0.05) is 30.7 Å². The van der Waals surface area contributed by atoms with Gasteiger partial charge in [-0.25, -0.2) is 9.97 Å². The molecule has 0 amide bonds. The van der Waals surface area contributed by atoms with E-state index in [0.29, 0.717) is 0 Å². The Morgan fingerprint density at radius 3 is 2.90 bits per heavy atom. The van der Waals surface area contributed by atoms with Gasteiger partial charge in [-0.2, -0.15) is 0 Å². The largest absolute Gasteiger partial charge is 0.353 e. The number of hydrogen-bond donors (Lipinski definition) is 1. The third-order valence-electron chi connectivity index (χ3n) is 4.18. The zero-order valence-corrected chi connectivity index (χ0v) is 12.0. The molecule has 0 unspecified atom stereocenters. The second kappa shape index (κ2) is 6.18. The Hall–Kier alpha value is -1.68. The van der Waals surface area contributed by atoms with E-state index in [-0.39, 0.29) is 0 Å². The number of fused-ring (bicyclic) bond motifs is 1. The standard InChI is InChI=1S/C16H22N4/c1-20(14-7-3-4-8-14)11-10-17-16-18-12-13-6-2-5-9-15(13)19-16/h2,5-6,9,12,14H,3-4,7-8,10-11H2,1H3,(H,17,18,19). The monoisotopic (exact) mass is 270 g/mol. The van der Waals surface area contributed by atoms with Crippen LogP contribution in [-0.4, -0.2) is 41.0 Å². The van der Waals surface area contributed by atoms with E-state index >= 15 is 0 Å². The zero-order valence-electron chi connectivity index (χ0n) is 12.0. The molecule has 20 heavy (non-hydrogen) atoms. The van der Waals surface area contributed by atoms with Gasteiger partial charge >= 0.3 is 0 Å². The normalized spacial score (nSPS) is 16.1. The lowest BCUT2D eigenvalue weighted by molar-refractivity contribution is 0.254. The van der Waals surface area contributed by atoms with Crippen LogP contribution in [0.2, 0.25) is 0 Å². The van der Waals surface area contributed by atoms with Crippen molar-refractivity contribution < 1.29 is 0 Å². The molecule has 0 atom stereocenters. The molecular weight excluding hydrogens is 248 g/mol. The summed E-state index contributed by atoms with van der Waals surface area (Å²) >= 11 is 0. The maximum atomic E-state index is 4.53. The molecule has 1 aromatic carbocycles. The average molecular weight is 270 g/mol. The number of hydrogen-bond acceptors (Lipinski definition) is 4. The van der Waals surface area contributed by atoms with Crippen LogP contribution in [0.3, 0.4) is 0 Å². The quantitative estimate of drug-likeness (QED) is 0.907. The van der Waals surface area contributed by atoms with E-state index in [9.17, 15) is 0 Å².